The number of benzene rings is 2. The number of ketones is 1. The number of aromatic amines is 1. The molecule has 4 heteroatoms. The minimum Gasteiger partial charge on any atom is -0.360 e. The van der Waals surface area contributed by atoms with Crippen molar-refractivity contribution in [2.75, 3.05) is 0 Å². The monoisotopic (exact) mass is 301 g/mol. The van der Waals surface area contributed by atoms with Crippen LogP contribution in [0.1, 0.15) is 21.6 Å². The maximum Gasteiger partial charge on any atom is 0.213 e. The standard InChI is InChI=1S/C19H15N3O/c23-19(16-10-5-2-6-11-16)18(15-8-3-1-4-9-15)22-21-14-17-12-7-13-20-17/h1-14,20H/b21-14+,22-18-. The Kier molecular flexibility index (Phi) is 4.55. The molecule has 1 heterocycles. The van der Waals surface area contributed by atoms with Gasteiger partial charge in [0.25, 0.3) is 0 Å². The largest absolute Gasteiger partial charge is 0.360 e. The van der Waals surface area contributed by atoms with Crippen LogP contribution in [0.4, 0.5) is 0 Å². The number of rotatable bonds is 5. The van der Waals surface area contributed by atoms with Gasteiger partial charge in [0.05, 0.1) is 11.9 Å². The molecule has 0 radical (unpaired) electrons. The molecule has 0 atom stereocenters. The fourth-order valence-electron chi connectivity index (χ4n) is 2.13. The third-order valence-corrected chi connectivity index (χ3v) is 3.27. The molecule has 0 unspecified atom stereocenters. The van der Waals surface area contributed by atoms with Crippen molar-refractivity contribution in [2.45, 2.75) is 0 Å². The zero-order valence-electron chi connectivity index (χ0n) is 12.4. The van der Waals surface area contributed by atoms with Crippen molar-refractivity contribution in [3.8, 4) is 0 Å². The summed E-state index contributed by atoms with van der Waals surface area (Å²) in [4.78, 5) is 15.7. The van der Waals surface area contributed by atoms with Gasteiger partial charge in [-0.3, -0.25) is 4.79 Å². The first-order valence-electron chi connectivity index (χ1n) is 7.24. The summed E-state index contributed by atoms with van der Waals surface area (Å²) in [7, 11) is 0. The molecular formula is C19H15N3O. The fraction of sp³-hybridized carbons (Fsp3) is 0. The highest BCUT2D eigenvalue weighted by Crippen LogP contribution is 2.09. The molecule has 1 N–H and O–H groups in total. The van der Waals surface area contributed by atoms with E-state index < -0.39 is 0 Å². The molecule has 0 aliphatic carbocycles. The van der Waals surface area contributed by atoms with Gasteiger partial charge >= 0.3 is 0 Å². The summed E-state index contributed by atoms with van der Waals surface area (Å²) in [6.45, 7) is 0. The summed E-state index contributed by atoms with van der Waals surface area (Å²) in [5, 5.41) is 8.21. The van der Waals surface area contributed by atoms with Gasteiger partial charge in [0.2, 0.25) is 5.78 Å². The Bertz CT molecular complexity index is 820. The second-order valence-electron chi connectivity index (χ2n) is 4.88. The van der Waals surface area contributed by atoms with Gasteiger partial charge in [-0.1, -0.05) is 60.7 Å². The summed E-state index contributed by atoms with van der Waals surface area (Å²) >= 11 is 0. The first-order valence-corrected chi connectivity index (χ1v) is 7.24. The van der Waals surface area contributed by atoms with E-state index in [9.17, 15) is 4.79 Å². The number of Topliss-reactive ketones (excluding diaryl/α,β-unsaturated/α-hetero) is 1. The number of hydrogen-bond donors (Lipinski definition) is 1. The SMILES string of the molecule is O=C(/C(=N\N=C\c1ccc[nH]1)c1ccccc1)c1ccccc1. The summed E-state index contributed by atoms with van der Waals surface area (Å²) in [6.07, 6.45) is 3.39. The Labute approximate surface area is 134 Å². The summed E-state index contributed by atoms with van der Waals surface area (Å²) in [6, 6.07) is 22.2. The van der Waals surface area contributed by atoms with E-state index in [-0.39, 0.29) is 5.78 Å². The number of aromatic nitrogens is 1. The maximum atomic E-state index is 12.7. The van der Waals surface area contributed by atoms with E-state index in [1.54, 1.807) is 24.5 Å². The van der Waals surface area contributed by atoms with Crippen molar-refractivity contribution < 1.29 is 4.79 Å². The Morgan fingerprint density at radius 3 is 2.09 bits per heavy atom. The molecule has 23 heavy (non-hydrogen) atoms. The van der Waals surface area contributed by atoms with Gasteiger partial charge in [-0.05, 0) is 12.1 Å². The Morgan fingerprint density at radius 1 is 0.826 bits per heavy atom. The minimum absolute atomic E-state index is 0.152. The number of nitrogens with one attached hydrogen (secondary N) is 1. The molecule has 0 fully saturated rings. The van der Waals surface area contributed by atoms with Gasteiger partial charge in [0.1, 0.15) is 5.71 Å². The molecule has 2 aromatic carbocycles. The number of carbonyl (C=O) groups is 1. The molecule has 4 nitrogen and oxygen atoms in total. The van der Waals surface area contributed by atoms with Crippen LogP contribution in [-0.2, 0) is 0 Å². The molecule has 3 aromatic rings. The molecule has 0 aliphatic rings. The van der Waals surface area contributed by atoms with Gasteiger partial charge in [-0.15, -0.1) is 5.10 Å². The van der Waals surface area contributed by atoms with Gasteiger partial charge in [0, 0.05) is 17.3 Å². The molecule has 0 saturated carbocycles. The van der Waals surface area contributed by atoms with Gasteiger partial charge in [-0.25, -0.2) is 0 Å². The first kappa shape index (κ1) is 14.7. The lowest BCUT2D eigenvalue weighted by Crippen LogP contribution is -2.15. The lowest BCUT2D eigenvalue weighted by atomic mass is 10.0. The summed E-state index contributed by atoms with van der Waals surface area (Å²) in [5.41, 5.74) is 2.48. The van der Waals surface area contributed by atoms with Crippen molar-refractivity contribution in [1.29, 1.82) is 0 Å². The van der Waals surface area contributed by atoms with E-state index in [0.717, 1.165) is 11.3 Å². The second kappa shape index (κ2) is 7.13. The second-order valence-corrected chi connectivity index (χ2v) is 4.88. The molecule has 0 saturated heterocycles. The molecule has 112 valence electrons. The molecular weight excluding hydrogens is 286 g/mol. The molecule has 0 spiro atoms. The average molecular weight is 301 g/mol. The quantitative estimate of drug-likeness (QED) is 0.436. The molecule has 1 aromatic heterocycles. The van der Waals surface area contributed by atoms with Gasteiger partial charge < -0.3 is 4.98 Å². The van der Waals surface area contributed by atoms with E-state index in [0.29, 0.717) is 11.3 Å². The number of nitrogens with zero attached hydrogens (tertiary/aromatic N) is 2. The molecule has 0 amide bonds. The highest BCUT2D eigenvalue weighted by molar-refractivity contribution is 6.51. The minimum atomic E-state index is -0.152. The maximum absolute atomic E-state index is 12.7. The number of H-pyrrole nitrogens is 1. The fourth-order valence-corrected chi connectivity index (χ4v) is 2.13. The van der Waals surface area contributed by atoms with Gasteiger partial charge in [-0.2, -0.15) is 5.10 Å². The van der Waals surface area contributed by atoms with Crippen LogP contribution in [-0.4, -0.2) is 22.7 Å². The van der Waals surface area contributed by atoms with Crippen molar-refractivity contribution in [3.05, 3.63) is 95.8 Å². The van der Waals surface area contributed by atoms with Crippen molar-refractivity contribution in [3.63, 3.8) is 0 Å². The van der Waals surface area contributed by atoms with Crippen LogP contribution < -0.4 is 0 Å². The van der Waals surface area contributed by atoms with Crippen molar-refractivity contribution >= 4 is 17.7 Å². The van der Waals surface area contributed by atoms with Crippen LogP contribution in [0, 0.1) is 0 Å². The van der Waals surface area contributed by atoms with Crippen LogP contribution in [0.15, 0.2) is 89.2 Å². The predicted molar refractivity (Wildman–Crippen MR) is 92.1 cm³/mol. The molecule has 0 aliphatic heterocycles. The van der Waals surface area contributed by atoms with Crippen LogP contribution in [0.5, 0.6) is 0 Å². The first-order chi connectivity index (χ1) is 11.3. The van der Waals surface area contributed by atoms with Crippen LogP contribution in [0.2, 0.25) is 0 Å². The Balaban J connectivity index is 1.96. The lowest BCUT2D eigenvalue weighted by molar-refractivity contribution is 0.106. The smallest absolute Gasteiger partial charge is 0.213 e. The third kappa shape index (κ3) is 3.68. The van der Waals surface area contributed by atoms with Crippen molar-refractivity contribution in [2.24, 2.45) is 10.2 Å². The van der Waals surface area contributed by atoms with Crippen molar-refractivity contribution in [1.82, 2.24) is 4.98 Å². The van der Waals surface area contributed by atoms with Crippen LogP contribution in [0.3, 0.4) is 0 Å². The highest BCUT2D eigenvalue weighted by atomic mass is 16.1. The normalized spacial score (nSPS) is 11.7. The van der Waals surface area contributed by atoms with E-state index in [1.165, 1.54) is 0 Å². The predicted octanol–water partition coefficient (Wildman–Crippen LogP) is 3.72. The average Bonchev–Trinajstić information content (AvgIpc) is 3.13. The van der Waals surface area contributed by atoms with Crippen LogP contribution in [0.25, 0.3) is 0 Å². The topological polar surface area (TPSA) is 57.6 Å². The Hall–Kier alpha value is -3.27. The lowest BCUT2D eigenvalue weighted by Gasteiger charge is -2.04. The summed E-state index contributed by atoms with van der Waals surface area (Å²) < 4.78 is 0. The highest BCUT2D eigenvalue weighted by Gasteiger charge is 2.15. The number of hydrogen-bond acceptors (Lipinski definition) is 3. The molecule has 0 bridgehead atoms. The van der Waals surface area contributed by atoms with E-state index >= 15 is 0 Å². The van der Waals surface area contributed by atoms with E-state index in [1.807, 2.05) is 60.7 Å². The van der Waals surface area contributed by atoms with E-state index in [2.05, 4.69) is 15.2 Å². The van der Waals surface area contributed by atoms with E-state index in [4.69, 9.17) is 0 Å². The summed E-state index contributed by atoms with van der Waals surface area (Å²) in [5.74, 6) is -0.152. The number of carbonyl (C=O) groups excluding carboxylic acids is 1. The van der Waals surface area contributed by atoms with Crippen LogP contribution >= 0.6 is 0 Å². The zero-order valence-corrected chi connectivity index (χ0v) is 12.4. The third-order valence-electron chi connectivity index (χ3n) is 3.27. The van der Waals surface area contributed by atoms with Gasteiger partial charge in [0.15, 0.2) is 0 Å². The Morgan fingerprint density at radius 2 is 1.48 bits per heavy atom. The molecule has 3 rings (SSSR count). The zero-order chi connectivity index (χ0) is 15.9.